The van der Waals surface area contributed by atoms with Crippen molar-refractivity contribution in [3.05, 3.63) is 0 Å². The molecular formula is C15H26N2O4. The van der Waals surface area contributed by atoms with Crippen molar-refractivity contribution in [3.8, 4) is 0 Å². The predicted molar refractivity (Wildman–Crippen MR) is 78.1 cm³/mol. The van der Waals surface area contributed by atoms with Crippen molar-refractivity contribution in [2.75, 3.05) is 26.7 Å². The molecule has 6 nitrogen and oxygen atoms in total. The van der Waals surface area contributed by atoms with E-state index in [1.807, 2.05) is 25.8 Å². The highest BCUT2D eigenvalue weighted by atomic mass is 16.5. The molecule has 0 unspecified atom stereocenters. The van der Waals surface area contributed by atoms with E-state index in [0.29, 0.717) is 32.0 Å². The van der Waals surface area contributed by atoms with Crippen LogP contribution < -0.4 is 0 Å². The molecule has 2 aliphatic rings. The van der Waals surface area contributed by atoms with Gasteiger partial charge in [-0.2, -0.15) is 0 Å². The summed E-state index contributed by atoms with van der Waals surface area (Å²) in [5.41, 5.74) is -0.233. The SMILES string of the molecule is CC(C)CC(=O)N(C)[C@H]1COC2(CCN(C(=O)O)CC2)C1. The molecule has 0 aromatic heterocycles. The Morgan fingerprint density at radius 1 is 1.38 bits per heavy atom. The summed E-state index contributed by atoms with van der Waals surface area (Å²) >= 11 is 0. The van der Waals surface area contributed by atoms with E-state index in [4.69, 9.17) is 9.84 Å². The quantitative estimate of drug-likeness (QED) is 0.862. The molecule has 1 spiro atoms. The van der Waals surface area contributed by atoms with E-state index in [1.54, 1.807) is 0 Å². The molecule has 2 amide bonds. The molecule has 1 atom stereocenters. The van der Waals surface area contributed by atoms with Crippen molar-refractivity contribution in [1.82, 2.24) is 9.80 Å². The van der Waals surface area contributed by atoms with Gasteiger partial charge in [0, 0.05) is 26.6 Å². The van der Waals surface area contributed by atoms with E-state index in [0.717, 1.165) is 19.3 Å². The van der Waals surface area contributed by atoms with E-state index in [2.05, 4.69) is 0 Å². The fourth-order valence-corrected chi connectivity index (χ4v) is 3.22. The average Bonchev–Trinajstić information content (AvgIpc) is 2.81. The van der Waals surface area contributed by atoms with Gasteiger partial charge in [0.05, 0.1) is 18.2 Å². The van der Waals surface area contributed by atoms with Crippen LogP contribution in [0.3, 0.4) is 0 Å². The zero-order valence-electron chi connectivity index (χ0n) is 13.2. The lowest BCUT2D eigenvalue weighted by Gasteiger charge is -2.37. The van der Waals surface area contributed by atoms with E-state index >= 15 is 0 Å². The maximum absolute atomic E-state index is 12.1. The lowest BCUT2D eigenvalue weighted by molar-refractivity contribution is -0.132. The number of ether oxygens (including phenoxy) is 1. The van der Waals surface area contributed by atoms with E-state index in [9.17, 15) is 9.59 Å². The summed E-state index contributed by atoms with van der Waals surface area (Å²) < 4.78 is 5.98. The van der Waals surface area contributed by atoms with Gasteiger partial charge in [-0.25, -0.2) is 4.79 Å². The van der Waals surface area contributed by atoms with Gasteiger partial charge in [0.2, 0.25) is 5.91 Å². The highest BCUT2D eigenvalue weighted by Crippen LogP contribution is 2.37. The molecule has 0 radical (unpaired) electrons. The Morgan fingerprint density at radius 2 is 2.00 bits per heavy atom. The average molecular weight is 298 g/mol. The van der Waals surface area contributed by atoms with Gasteiger partial charge in [-0.15, -0.1) is 0 Å². The molecule has 2 heterocycles. The smallest absolute Gasteiger partial charge is 0.407 e. The van der Waals surface area contributed by atoms with Crippen LogP contribution in [0.5, 0.6) is 0 Å². The number of likely N-dealkylation sites (tertiary alicyclic amines) is 1. The van der Waals surface area contributed by atoms with Crippen LogP contribution in [0.1, 0.15) is 39.5 Å². The highest BCUT2D eigenvalue weighted by molar-refractivity contribution is 5.76. The number of rotatable bonds is 3. The Balaban J connectivity index is 1.89. The number of carbonyl (C=O) groups is 2. The summed E-state index contributed by atoms with van der Waals surface area (Å²) in [5.74, 6) is 0.522. The minimum Gasteiger partial charge on any atom is -0.465 e. The number of carboxylic acid groups (broad SMARTS) is 1. The second-order valence-corrected chi connectivity index (χ2v) is 6.72. The molecule has 2 rings (SSSR count). The van der Waals surface area contributed by atoms with Crippen molar-refractivity contribution in [2.45, 2.75) is 51.2 Å². The normalized spacial score (nSPS) is 24.6. The number of carbonyl (C=O) groups excluding carboxylic acids is 1. The Bertz CT molecular complexity index is 402. The Kier molecular flexibility index (Phi) is 4.76. The van der Waals surface area contributed by atoms with Gasteiger partial charge in [0.25, 0.3) is 0 Å². The predicted octanol–water partition coefficient (Wildman–Crippen LogP) is 1.79. The molecule has 2 aliphatic heterocycles. The molecule has 120 valence electrons. The molecule has 0 bridgehead atoms. The van der Waals surface area contributed by atoms with Crippen molar-refractivity contribution in [2.24, 2.45) is 5.92 Å². The van der Waals surface area contributed by atoms with Gasteiger partial charge < -0.3 is 19.6 Å². The minimum absolute atomic E-state index is 0.118. The van der Waals surface area contributed by atoms with Crippen LogP contribution in [-0.4, -0.2) is 65.3 Å². The van der Waals surface area contributed by atoms with E-state index in [1.165, 1.54) is 4.90 Å². The van der Waals surface area contributed by atoms with Gasteiger partial charge >= 0.3 is 6.09 Å². The summed E-state index contributed by atoms with van der Waals surface area (Å²) in [6.45, 7) is 5.69. The van der Waals surface area contributed by atoms with Crippen molar-refractivity contribution < 1.29 is 19.4 Å². The molecule has 21 heavy (non-hydrogen) atoms. The molecule has 0 aromatic rings. The molecule has 2 saturated heterocycles. The highest BCUT2D eigenvalue weighted by Gasteiger charge is 2.45. The molecule has 0 saturated carbocycles. The van der Waals surface area contributed by atoms with Gasteiger partial charge in [-0.1, -0.05) is 13.8 Å². The number of hydrogen-bond donors (Lipinski definition) is 1. The molecule has 0 aromatic carbocycles. The second kappa shape index (κ2) is 6.22. The van der Waals surface area contributed by atoms with E-state index in [-0.39, 0.29) is 17.6 Å². The third-order valence-corrected chi connectivity index (χ3v) is 4.66. The van der Waals surface area contributed by atoms with Crippen molar-refractivity contribution >= 4 is 12.0 Å². The van der Waals surface area contributed by atoms with Crippen LogP contribution in [-0.2, 0) is 9.53 Å². The Labute approximate surface area is 126 Å². The van der Waals surface area contributed by atoms with Gasteiger partial charge in [-0.05, 0) is 25.2 Å². The third-order valence-electron chi connectivity index (χ3n) is 4.66. The van der Waals surface area contributed by atoms with Gasteiger partial charge in [0.1, 0.15) is 0 Å². The Morgan fingerprint density at radius 3 is 2.52 bits per heavy atom. The first-order valence-corrected chi connectivity index (χ1v) is 7.70. The third kappa shape index (κ3) is 3.67. The second-order valence-electron chi connectivity index (χ2n) is 6.72. The maximum atomic E-state index is 12.1. The Hall–Kier alpha value is -1.30. The topological polar surface area (TPSA) is 70.1 Å². The van der Waals surface area contributed by atoms with Crippen LogP contribution in [0.4, 0.5) is 4.79 Å². The summed E-state index contributed by atoms with van der Waals surface area (Å²) in [6.07, 6.45) is 1.97. The monoisotopic (exact) mass is 298 g/mol. The van der Waals surface area contributed by atoms with Crippen LogP contribution >= 0.6 is 0 Å². The van der Waals surface area contributed by atoms with Crippen LogP contribution in [0, 0.1) is 5.92 Å². The number of nitrogens with zero attached hydrogens (tertiary/aromatic N) is 2. The summed E-state index contributed by atoms with van der Waals surface area (Å²) in [5, 5.41) is 9.00. The zero-order valence-corrected chi connectivity index (χ0v) is 13.2. The summed E-state index contributed by atoms with van der Waals surface area (Å²) in [6, 6.07) is 0.118. The lowest BCUT2D eigenvalue weighted by atomic mass is 9.87. The van der Waals surface area contributed by atoms with Crippen molar-refractivity contribution in [3.63, 3.8) is 0 Å². The van der Waals surface area contributed by atoms with Gasteiger partial charge in [-0.3, -0.25) is 4.79 Å². The van der Waals surface area contributed by atoms with Crippen LogP contribution in [0.15, 0.2) is 0 Å². The molecule has 0 aliphatic carbocycles. The largest absolute Gasteiger partial charge is 0.465 e. The first-order chi connectivity index (χ1) is 9.83. The first-order valence-electron chi connectivity index (χ1n) is 7.70. The molecular weight excluding hydrogens is 272 g/mol. The fourth-order valence-electron chi connectivity index (χ4n) is 3.22. The fraction of sp³-hybridized carbons (Fsp3) is 0.867. The number of piperidine rings is 1. The van der Waals surface area contributed by atoms with E-state index < -0.39 is 6.09 Å². The number of amides is 2. The first kappa shape index (κ1) is 16.1. The number of likely N-dealkylation sites (N-methyl/N-ethyl adjacent to an activating group) is 1. The van der Waals surface area contributed by atoms with Crippen molar-refractivity contribution in [1.29, 1.82) is 0 Å². The minimum atomic E-state index is -0.858. The summed E-state index contributed by atoms with van der Waals surface area (Å²) in [7, 11) is 1.85. The zero-order chi connectivity index (χ0) is 15.6. The summed E-state index contributed by atoms with van der Waals surface area (Å²) in [4.78, 5) is 26.3. The maximum Gasteiger partial charge on any atom is 0.407 e. The standard InChI is InChI=1S/C15H26N2O4/c1-11(2)8-13(18)16(3)12-9-15(21-10-12)4-6-17(7-5-15)14(19)20/h11-12H,4-10H2,1-3H3,(H,19,20)/t12-/m1/s1. The lowest BCUT2D eigenvalue weighted by Crippen LogP contribution is -2.46. The number of hydrogen-bond acceptors (Lipinski definition) is 3. The van der Waals surface area contributed by atoms with Crippen LogP contribution in [0.25, 0.3) is 0 Å². The molecule has 6 heteroatoms. The van der Waals surface area contributed by atoms with Gasteiger partial charge in [0.15, 0.2) is 0 Å². The molecule has 1 N–H and O–H groups in total. The van der Waals surface area contributed by atoms with Crippen LogP contribution in [0.2, 0.25) is 0 Å². The molecule has 2 fully saturated rings.